The molecular weight excluding hydrogens is 1340 g/mol. The maximum absolute atomic E-state index is 13.0. The van der Waals surface area contributed by atoms with Crippen LogP contribution in [0, 0.1) is 13.8 Å². The topological polar surface area (TPSA) is 360 Å². The number of unbranched alkanes of at least 4 members (excludes halogenated alkanes) is 2. The molecule has 2 aromatic heterocycles. The van der Waals surface area contributed by atoms with Crippen molar-refractivity contribution in [3.63, 3.8) is 0 Å². The quantitative estimate of drug-likeness (QED) is 0.0100. The fraction of sp³-hybridized carbons (Fsp3) is 0.452. The molecule has 32 heteroatoms. The molecule has 0 bridgehead atoms. The lowest BCUT2D eigenvalue weighted by Gasteiger charge is -2.35. The third-order valence-electron chi connectivity index (χ3n) is 16.5. The number of allylic oxidation sites excluding steroid dienone is 6. The highest BCUT2D eigenvalue weighted by Crippen LogP contribution is 2.52. The predicted octanol–water partition coefficient (Wildman–Crippen LogP) is 7.98. The molecule has 0 aliphatic carbocycles. The summed E-state index contributed by atoms with van der Waals surface area (Å²) < 4.78 is 151. The van der Waals surface area contributed by atoms with Crippen LogP contribution in [0.25, 0.3) is 0 Å². The molecule has 8 rings (SSSR count). The molecule has 1 atom stereocenters. The summed E-state index contributed by atoms with van der Waals surface area (Å²) in [6.07, 6.45) is 12.4. The van der Waals surface area contributed by atoms with Crippen LogP contribution in [0.4, 0.5) is 33.8 Å². The van der Waals surface area contributed by atoms with Crippen LogP contribution in [0.3, 0.4) is 0 Å². The Kier molecular flexibility index (Phi) is 24.6. The highest BCUT2D eigenvalue weighted by Gasteiger charge is 2.46. The van der Waals surface area contributed by atoms with Crippen LogP contribution in [0.15, 0.2) is 113 Å². The van der Waals surface area contributed by atoms with Gasteiger partial charge in [-0.3, -0.25) is 28.1 Å². The van der Waals surface area contributed by atoms with E-state index >= 15 is 0 Å². The molecule has 3 aliphatic rings. The van der Waals surface area contributed by atoms with Crippen LogP contribution in [-0.4, -0.2) is 184 Å². The van der Waals surface area contributed by atoms with Gasteiger partial charge in [0.1, 0.15) is 28.9 Å². The minimum Gasteiger partial charge on any atom is -0.748 e. The van der Waals surface area contributed by atoms with Crippen molar-refractivity contribution in [1.29, 1.82) is 0 Å². The number of rotatable bonds is 33. The number of benzene rings is 3. The molecule has 1 fully saturated rings. The van der Waals surface area contributed by atoms with Gasteiger partial charge in [0.2, 0.25) is 11.6 Å². The minimum absolute atomic E-state index is 0.0208. The van der Waals surface area contributed by atoms with Gasteiger partial charge >= 0.3 is 0 Å². The standard InChI is InChI=1S/C62H79ClN10O16S5/c1-43-15-12-16-49(63)58(43)69-59(75)52-42-65-60(90-52)68-55-41-56(67-44(2)66-55)71-30-28-70(29-31-71)32-34-89-36-35-88-33-25-64-57(74)19-10-7-11-24-62(5)48-40-46(94(85,86)87)21-23-51(48)73(27-14-38-92(79,80)81)54(62)18-9-6-8-17-53-61(3,4)47-39-45(93(82,83)84)20-22-50(47)72(53)26-13-37-91(76,77)78/h6,8-9,12,15-18,20-23,39-42H,7,10-11,13-14,19,24-38H2,1-5H3,(H6-,64,65,66,67,68,69,74,75,76,77,78,79,80,81,82,83,84,85,86,87). The summed E-state index contributed by atoms with van der Waals surface area (Å²) in [7, 11) is -18.1. The summed E-state index contributed by atoms with van der Waals surface area (Å²) in [5.74, 6) is 0.264. The van der Waals surface area contributed by atoms with E-state index in [0.717, 1.165) is 44.1 Å². The van der Waals surface area contributed by atoms with Gasteiger partial charge in [0.15, 0.2) is 10.8 Å². The van der Waals surface area contributed by atoms with Crippen LogP contribution in [0.1, 0.15) is 97.9 Å². The Morgan fingerprint density at radius 2 is 1.49 bits per heavy atom. The third kappa shape index (κ3) is 19.8. The van der Waals surface area contributed by atoms with E-state index in [1.807, 2.05) is 62.3 Å². The number of para-hydroxylation sites is 1. The molecule has 1 saturated heterocycles. The van der Waals surface area contributed by atoms with Crippen LogP contribution >= 0.6 is 22.9 Å². The summed E-state index contributed by atoms with van der Waals surface area (Å²) in [4.78, 5) is 45.6. The monoisotopic (exact) mass is 1410 g/mol. The highest BCUT2D eigenvalue weighted by atomic mass is 35.5. The summed E-state index contributed by atoms with van der Waals surface area (Å²) in [6, 6.07) is 15.5. The smallest absolute Gasteiger partial charge is 0.294 e. The summed E-state index contributed by atoms with van der Waals surface area (Å²) in [6.45, 7) is 15.1. The molecule has 6 N–H and O–H groups in total. The van der Waals surface area contributed by atoms with Gasteiger partial charge in [-0.1, -0.05) is 66.1 Å². The van der Waals surface area contributed by atoms with Gasteiger partial charge in [-0.05, 0) is 107 Å². The Balaban J connectivity index is 0.785. The SMILES string of the molecule is Cc1nc(Nc2ncc(C(=O)Nc3c(C)cccc3Cl)s2)cc(N2CCN(CCOCCOCCNC(=O)CCCCCC3(C)\C(=C/C=C/C=C/C4=[N+](CCCS(=O)(=O)O)c5ccc(S(=O)(=O)O)cc5C4(C)C)N(CCCS(=O)(=O)[O-])c4ccc(S(=O)(=O)O)cc43)CC2)n1. The first-order valence-electron chi connectivity index (χ1n) is 30.5. The lowest BCUT2D eigenvalue weighted by atomic mass is 9.77. The molecule has 3 aromatic carbocycles. The average Bonchev–Trinajstić information content (AvgIpc) is 1.59. The number of ether oxygens (including phenoxy) is 2. The van der Waals surface area contributed by atoms with Gasteiger partial charge in [0.25, 0.3) is 36.3 Å². The first-order valence-corrected chi connectivity index (χ1v) is 37.7. The van der Waals surface area contributed by atoms with Crippen molar-refractivity contribution in [1.82, 2.24) is 25.2 Å². The van der Waals surface area contributed by atoms with Crippen molar-refractivity contribution in [2.75, 3.05) is 111 Å². The number of amides is 2. The first-order chi connectivity index (χ1) is 44.3. The van der Waals surface area contributed by atoms with Crippen LogP contribution in [0.5, 0.6) is 0 Å². The van der Waals surface area contributed by atoms with Crippen molar-refractivity contribution in [3.8, 4) is 0 Å². The summed E-state index contributed by atoms with van der Waals surface area (Å²) >= 11 is 7.51. The van der Waals surface area contributed by atoms with Gasteiger partial charge in [-0.25, -0.2) is 23.4 Å². The lowest BCUT2D eigenvalue weighted by molar-refractivity contribution is -0.437. The van der Waals surface area contributed by atoms with Crippen molar-refractivity contribution in [2.45, 2.75) is 100 Å². The molecule has 3 aliphatic heterocycles. The van der Waals surface area contributed by atoms with Crippen molar-refractivity contribution in [2.24, 2.45) is 0 Å². The molecule has 0 saturated carbocycles. The highest BCUT2D eigenvalue weighted by molar-refractivity contribution is 7.86. The second-order valence-electron chi connectivity index (χ2n) is 23.7. The molecule has 0 radical (unpaired) electrons. The van der Waals surface area contributed by atoms with Crippen LogP contribution in [0.2, 0.25) is 5.02 Å². The number of nitrogens with zero attached hydrogens (tertiary/aromatic N) is 7. The Bertz CT molecular complexity index is 4170. The van der Waals surface area contributed by atoms with Crippen molar-refractivity contribution < 1.29 is 75.5 Å². The summed E-state index contributed by atoms with van der Waals surface area (Å²) in [5, 5.41) is 9.94. The molecule has 1 unspecified atom stereocenters. The van der Waals surface area contributed by atoms with Crippen molar-refractivity contribution >= 4 is 115 Å². The fourth-order valence-electron chi connectivity index (χ4n) is 11.7. The van der Waals surface area contributed by atoms with E-state index in [0.29, 0.717) is 118 Å². The number of carbonyl (C=O) groups excluding carboxylic acids is 2. The van der Waals surface area contributed by atoms with Crippen molar-refractivity contribution in [3.05, 3.63) is 135 Å². The fourth-order valence-corrected chi connectivity index (χ4v) is 14.7. The molecule has 0 spiro atoms. The summed E-state index contributed by atoms with van der Waals surface area (Å²) in [5.41, 5.74) is 3.05. The maximum atomic E-state index is 13.0. The zero-order chi connectivity index (χ0) is 68.2. The molecule has 5 heterocycles. The van der Waals surface area contributed by atoms with E-state index in [4.69, 9.17) is 21.1 Å². The lowest BCUT2D eigenvalue weighted by Crippen LogP contribution is -2.47. The zero-order valence-electron chi connectivity index (χ0n) is 52.8. The normalized spacial score (nSPS) is 17.4. The van der Waals surface area contributed by atoms with E-state index in [2.05, 4.69) is 40.7 Å². The molecule has 26 nitrogen and oxygen atoms in total. The molecule has 5 aromatic rings. The van der Waals surface area contributed by atoms with Crippen LogP contribution < -0.4 is 25.8 Å². The average molecular weight is 1420 g/mol. The molecular formula is C62H79ClN10O16S5. The second-order valence-corrected chi connectivity index (χ2v) is 31.0. The third-order valence-corrected chi connectivity index (χ3v) is 21.0. The Morgan fingerprint density at radius 3 is 2.18 bits per heavy atom. The van der Waals surface area contributed by atoms with E-state index in [1.54, 1.807) is 36.4 Å². The number of halogens is 1. The number of carbonyl (C=O) groups is 2. The minimum atomic E-state index is -4.67. The van der Waals surface area contributed by atoms with Gasteiger partial charge in [0.05, 0.1) is 74.4 Å². The molecule has 2 amide bonds. The number of anilines is 5. The molecule has 510 valence electrons. The number of piperazine rings is 1. The number of aromatic nitrogens is 3. The number of hydrogen-bond acceptors (Lipinski definition) is 21. The number of fused-ring (bicyclic) bond motifs is 2. The van der Waals surface area contributed by atoms with Gasteiger partial charge in [-0.2, -0.15) is 29.8 Å². The second kappa shape index (κ2) is 31.5. The maximum Gasteiger partial charge on any atom is 0.294 e. The van der Waals surface area contributed by atoms with Crippen LogP contribution in [-0.2, 0) is 65.6 Å². The van der Waals surface area contributed by atoms with Gasteiger partial charge in [0, 0.05) is 105 Å². The van der Waals surface area contributed by atoms with E-state index in [1.165, 1.54) is 53.9 Å². The van der Waals surface area contributed by atoms with Gasteiger partial charge < -0.3 is 39.8 Å². The number of nitrogens with one attached hydrogen (secondary N) is 3. The van der Waals surface area contributed by atoms with E-state index in [9.17, 15) is 61.5 Å². The Hall–Kier alpha value is -6.59. The number of thiazole rings is 1. The largest absolute Gasteiger partial charge is 0.748 e. The first kappa shape index (κ1) is 73.2. The zero-order valence-corrected chi connectivity index (χ0v) is 57.6. The Morgan fingerprint density at radius 1 is 0.787 bits per heavy atom. The predicted molar refractivity (Wildman–Crippen MR) is 359 cm³/mol. The number of aryl methyl sites for hydroxylation is 2. The number of hydrogen-bond donors (Lipinski definition) is 6. The van der Waals surface area contributed by atoms with Gasteiger partial charge in [-0.15, -0.1) is 0 Å². The molecule has 94 heavy (non-hydrogen) atoms. The Labute approximate surface area is 558 Å². The van der Waals surface area contributed by atoms with E-state index < -0.39 is 62.8 Å². The van der Waals surface area contributed by atoms with E-state index in [-0.39, 0.29) is 60.6 Å².